The van der Waals surface area contributed by atoms with Gasteiger partial charge in [-0.05, 0) is 36.9 Å². The molecule has 1 aliphatic rings. The average molecular weight is 356 g/mol. The topological polar surface area (TPSA) is 94.3 Å². The maximum absolute atomic E-state index is 12.5. The van der Waals surface area contributed by atoms with Crippen molar-refractivity contribution in [1.29, 1.82) is 0 Å². The molecule has 7 nitrogen and oxygen atoms in total. The number of hydrogen-bond acceptors (Lipinski definition) is 4. The molecule has 0 saturated carbocycles. The fourth-order valence-electron chi connectivity index (χ4n) is 3.52. The highest BCUT2D eigenvalue weighted by Crippen LogP contribution is 2.19. The lowest BCUT2D eigenvalue weighted by Gasteiger charge is -2.34. The second kappa shape index (κ2) is 7.29. The quantitative estimate of drug-likeness (QED) is 0.747. The SMILES string of the molecule is CNC(=O)C[C@H]1C(=O)NCCN1Cc1cc2cc(C)cc(C)c2[nH]c1=O. The van der Waals surface area contributed by atoms with Gasteiger partial charge in [0.05, 0.1) is 18.0 Å². The first-order valence-electron chi connectivity index (χ1n) is 8.74. The van der Waals surface area contributed by atoms with E-state index in [4.69, 9.17) is 0 Å². The van der Waals surface area contributed by atoms with E-state index < -0.39 is 6.04 Å². The van der Waals surface area contributed by atoms with Crippen molar-refractivity contribution in [1.82, 2.24) is 20.5 Å². The molecule has 138 valence electrons. The Morgan fingerprint density at radius 3 is 2.77 bits per heavy atom. The molecule has 3 rings (SSSR count). The molecule has 26 heavy (non-hydrogen) atoms. The zero-order chi connectivity index (χ0) is 18.8. The van der Waals surface area contributed by atoms with Crippen LogP contribution in [0.5, 0.6) is 0 Å². The van der Waals surface area contributed by atoms with Crippen LogP contribution in [0.4, 0.5) is 0 Å². The summed E-state index contributed by atoms with van der Waals surface area (Å²) in [6, 6.07) is 5.38. The predicted octanol–water partition coefficient (Wildman–Crippen LogP) is 0.581. The van der Waals surface area contributed by atoms with E-state index in [-0.39, 0.29) is 23.8 Å². The summed E-state index contributed by atoms with van der Waals surface area (Å²) in [5.74, 6) is -0.375. The molecule has 7 heteroatoms. The fourth-order valence-corrected chi connectivity index (χ4v) is 3.52. The third-order valence-corrected chi connectivity index (χ3v) is 4.84. The van der Waals surface area contributed by atoms with Gasteiger partial charge in [-0.2, -0.15) is 0 Å². The number of aromatic nitrogens is 1. The molecule has 2 heterocycles. The van der Waals surface area contributed by atoms with Crippen LogP contribution in [-0.2, 0) is 16.1 Å². The zero-order valence-corrected chi connectivity index (χ0v) is 15.3. The Hall–Kier alpha value is -2.67. The van der Waals surface area contributed by atoms with E-state index in [1.165, 1.54) is 0 Å². The van der Waals surface area contributed by atoms with E-state index in [1.807, 2.05) is 36.9 Å². The van der Waals surface area contributed by atoms with Crippen LogP contribution in [-0.4, -0.2) is 47.9 Å². The molecule has 3 N–H and O–H groups in total. The second-order valence-electron chi connectivity index (χ2n) is 6.82. The summed E-state index contributed by atoms with van der Waals surface area (Å²) in [6.45, 7) is 5.42. The Balaban J connectivity index is 1.93. The summed E-state index contributed by atoms with van der Waals surface area (Å²) in [5.41, 5.74) is 3.43. The van der Waals surface area contributed by atoms with Gasteiger partial charge in [0, 0.05) is 32.2 Å². The van der Waals surface area contributed by atoms with Crippen molar-refractivity contribution >= 4 is 22.7 Å². The number of piperazine rings is 1. The van der Waals surface area contributed by atoms with Gasteiger partial charge in [-0.3, -0.25) is 19.3 Å². The highest BCUT2D eigenvalue weighted by Gasteiger charge is 2.31. The van der Waals surface area contributed by atoms with Crippen LogP contribution in [0.25, 0.3) is 10.9 Å². The van der Waals surface area contributed by atoms with Gasteiger partial charge in [0.1, 0.15) is 0 Å². The molecule has 0 aliphatic carbocycles. The average Bonchev–Trinajstić information content (AvgIpc) is 2.59. The molecule has 2 aromatic rings. The van der Waals surface area contributed by atoms with Crippen molar-refractivity contribution in [2.45, 2.75) is 32.9 Å². The normalized spacial score (nSPS) is 18.0. The molecule has 1 fully saturated rings. The van der Waals surface area contributed by atoms with E-state index in [0.29, 0.717) is 25.2 Å². The third-order valence-electron chi connectivity index (χ3n) is 4.84. The number of benzene rings is 1. The largest absolute Gasteiger partial charge is 0.359 e. The minimum atomic E-state index is -0.571. The number of H-pyrrole nitrogens is 1. The summed E-state index contributed by atoms with van der Waals surface area (Å²) in [4.78, 5) is 41.4. The molecule has 0 radical (unpaired) electrons. The van der Waals surface area contributed by atoms with E-state index in [1.54, 1.807) is 7.05 Å². The Bertz CT molecular complexity index is 919. The zero-order valence-electron chi connectivity index (χ0n) is 15.3. The Kier molecular flexibility index (Phi) is 5.08. The van der Waals surface area contributed by atoms with E-state index >= 15 is 0 Å². The monoisotopic (exact) mass is 356 g/mol. The summed E-state index contributed by atoms with van der Waals surface area (Å²) in [6.07, 6.45) is 0.0754. The maximum Gasteiger partial charge on any atom is 0.252 e. The number of fused-ring (bicyclic) bond motifs is 1. The number of pyridine rings is 1. The summed E-state index contributed by atoms with van der Waals surface area (Å²) in [7, 11) is 1.55. The van der Waals surface area contributed by atoms with Crippen LogP contribution in [0.2, 0.25) is 0 Å². The minimum Gasteiger partial charge on any atom is -0.359 e. The molecule has 0 spiro atoms. The first-order chi connectivity index (χ1) is 12.4. The van der Waals surface area contributed by atoms with Crippen LogP contribution in [0.3, 0.4) is 0 Å². The Morgan fingerprint density at radius 2 is 2.04 bits per heavy atom. The number of carbonyl (C=O) groups excluding carboxylic acids is 2. The van der Waals surface area contributed by atoms with Crippen molar-refractivity contribution in [2.24, 2.45) is 0 Å². The lowest BCUT2D eigenvalue weighted by Crippen LogP contribution is -2.56. The number of amides is 2. The van der Waals surface area contributed by atoms with Gasteiger partial charge < -0.3 is 15.6 Å². The van der Waals surface area contributed by atoms with Crippen molar-refractivity contribution in [3.8, 4) is 0 Å². The first kappa shape index (κ1) is 18.1. The van der Waals surface area contributed by atoms with Crippen molar-refractivity contribution in [3.63, 3.8) is 0 Å². The molecule has 0 unspecified atom stereocenters. The number of carbonyl (C=O) groups is 2. The standard InChI is InChI=1S/C19H24N4O3/c1-11-6-12(2)17-13(7-11)8-14(18(25)22-17)10-23-5-4-21-19(26)15(23)9-16(24)20-3/h6-8,15H,4-5,9-10H2,1-3H3,(H,20,24)(H,21,26)(H,22,25)/t15-/m0/s1. The molecule has 0 bridgehead atoms. The van der Waals surface area contributed by atoms with Crippen molar-refractivity contribution in [3.05, 3.63) is 45.2 Å². The predicted molar refractivity (Wildman–Crippen MR) is 99.9 cm³/mol. The molecule has 2 amide bonds. The summed E-state index contributed by atoms with van der Waals surface area (Å²) >= 11 is 0. The van der Waals surface area contributed by atoms with E-state index in [0.717, 1.165) is 22.0 Å². The number of aryl methyl sites for hydroxylation is 2. The third kappa shape index (κ3) is 3.62. The summed E-state index contributed by atoms with van der Waals surface area (Å²) < 4.78 is 0. The molecule has 1 saturated heterocycles. The van der Waals surface area contributed by atoms with E-state index in [2.05, 4.69) is 15.6 Å². The van der Waals surface area contributed by atoms with Crippen LogP contribution in [0.15, 0.2) is 23.0 Å². The molecule has 1 aromatic heterocycles. The number of rotatable bonds is 4. The minimum absolute atomic E-state index is 0.0754. The highest BCUT2D eigenvalue weighted by atomic mass is 16.2. The van der Waals surface area contributed by atoms with Gasteiger partial charge >= 0.3 is 0 Å². The molecule has 1 aliphatic heterocycles. The van der Waals surface area contributed by atoms with Gasteiger partial charge in [0.25, 0.3) is 5.56 Å². The Morgan fingerprint density at radius 1 is 1.27 bits per heavy atom. The maximum atomic E-state index is 12.5. The molecular weight excluding hydrogens is 332 g/mol. The van der Waals surface area contributed by atoms with Gasteiger partial charge in [-0.1, -0.05) is 11.6 Å². The van der Waals surface area contributed by atoms with Crippen molar-refractivity contribution < 1.29 is 9.59 Å². The lowest BCUT2D eigenvalue weighted by molar-refractivity contribution is -0.134. The number of hydrogen-bond donors (Lipinski definition) is 3. The molecular formula is C19H24N4O3. The highest BCUT2D eigenvalue weighted by molar-refractivity contribution is 5.88. The van der Waals surface area contributed by atoms with Crippen LogP contribution in [0.1, 0.15) is 23.1 Å². The van der Waals surface area contributed by atoms with Gasteiger partial charge in [0.15, 0.2) is 0 Å². The smallest absolute Gasteiger partial charge is 0.252 e. The first-order valence-corrected chi connectivity index (χ1v) is 8.74. The Labute approximate surface area is 151 Å². The van der Waals surface area contributed by atoms with Gasteiger partial charge in [-0.25, -0.2) is 0 Å². The summed E-state index contributed by atoms with van der Waals surface area (Å²) in [5, 5.41) is 6.32. The number of nitrogens with one attached hydrogen (secondary N) is 3. The van der Waals surface area contributed by atoms with Crippen LogP contribution in [0, 0.1) is 13.8 Å². The lowest BCUT2D eigenvalue weighted by atomic mass is 10.0. The second-order valence-corrected chi connectivity index (χ2v) is 6.82. The van der Waals surface area contributed by atoms with Crippen molar-refractivity contribution in [2.75, 3.05) is 20.1 Å². The van der Waals surface area contributed by atoms with Crippen LogP contribution >= 0.6 is 0 Å². The molecule has 1 atom stereocenters. The van der Waals surface area contributed by atoms with Crippen LogP contribution < -0.4 is 16.2 Å². The van der Waals surface area contributed by atoms with Gasteiger partial charge in [-0.15, -0.1) is 0 Å². The fraction of sp³-hybridized carbons (Fsp3) is 0.421. The number of aromatic amines is 1. The molecule has 1 aromatic carbocycles. The number of nitrogens with zero attached hydrogens (tertiary/aromatic N) is 1. The van der Waals surface area contributed by atoms with Gasteiger partial charge in [0.2, 0.25) is 11.8 Å². The van der Waals surface area contributed by atoms with E-state index in [9.17, 15) is 14.4 Å².